The average molecular weight is 577 g/mol. The summed E-state index contributed by atoms with van der Waals surface area (Å²) in [5, 5.41) is 0. The van der Waals surface area contributed by atoms with Gasteiger partial charge in [0.1, 0.15) is 13.2 Å². The fourth-order valence-corrected chi connectivity index (χ4v) is 5.66. The van der Waals surface area contributed by atoms with Crippen molar-refractivity contribution in [2.45, 2.75) is 59.7 Å². The highest BCUT2D eigenvalue weighted by atomic mass is 28.3. The predicted octanol–water partition coefficient (Wildman–Crippen LogP) is 3.28. The highest BCUT2D eigenvalue weighted by molar-refractivity contribution is 6.48. The summed E-state index contributed by atoms with van der Waals surface area (Å²) in [5.74, 6) is -3.95. The Morgan fingerprint density at radius 2 is 1.73 bits per heavy atom. The van der Waals surface area contributed by atoms with Gasteiger partial charge in [-0.2, -0.15) is 0 Å². The standard InChI is InChI=1S/C29H44N2O8Si/c1-9-13-37-27(35)26(34)31-22(24(25(31)33)21(29(4,5)6)18-39-40(7)8)16-23(32)19(3)15-20-11-12-30(17-20)28(36)38-14-10-2/h9-10,15,20-22,24,40H,1-2,11-14,16-18H2,3-8H3/t20?,21-,22-,24+/m1/s1. The summed E-state index contributed by atoms with van der Waals surface area (Å²) in [6, 6.07) is -0.803. The molecular formula is C29H44N2O8Si. The van der Waals surface area contributed by atoms with E-state index in [0.29, 0.717) is 31.7 Å². The van der Waals surface area contributed by atoms with Gasteiger partial charge in [0.05, 0.1) is 12.0 Å². The third-order valence-electron chi connectivity index (χ3n) is 7.28. The van der Waals surface area contributed by atoms with Crippen LogP contribution in [0.3, 0.4) is 0 Å². The summed E-state index contributed by atoms with van der Waals surface area (Å²) in [7, 11) is -1.41. The average Bonchev–Trinajstić information content (AvgIpc) is 3.35. The van der Waals surface area contributed by atoms with Gasteiger partial charge in [0.2, 0.25) is 5.91 Å². The number of carbonyl (C=O) groups is 5. The summed E-state index contributed by atoms with van der Waals surface area (Å²) >= 11 is 0. The summed E-state index contributed by atoms with van der Waals surface area (Å²) in [6.45, 7) is 20.0. The number of ether oxygens (including phenoxy) is 2. The lowest BCUT2D eigenvalue weighted by atomic mass is 9.65. The lowest BCUT2D eigenvalue weighted by Crippen LogP contribution is -2.68. The van der Waals surface area contributed by atoms with Crippen LogP contribution < -0.4 is 0 Å². The van der Waals surface area contributed by atoms with E-state index in [1.165, 1.54) is 12.2 Å². The number of nitrogens with zero attached hydrogens (tertiary/aromatic N) is 2. The number of hydrogen-bond acceptors (Lipinski definition) is 8. The molecule has 0 radical (unpaired) electrons. The molecule has 0 spiro atoms. The number of allylic oxidation sites excluding steroid dienone is 1. The van der Waals surface area contributed by atoms with Gasteiger partial charge in [-0.05, 0) is 49.3 Å². The minimum Gasteiger partial charge on any atom is -0.454 e. The molecule has 1 unspecified atom stereocenters. The van der Waals surface area contributed by atoms with Crippen molar-refractivity contribution in [2.75, 3.05) is 32.9 Å². The lowest BCUT2D eigenvalue weighted by molar-refractivity contribution is -0.181. The zero-order chi connectivity index (χ0) is 30.2. The number of imide groups is 1. The molecule has 4 atom stereocenters. The van der Waals surface area contributed by atoms with Crippen LogP contribution in [-0.2, 0) is 33.1 Å². The molecule has 0 N–H and O–H groups in total. The number of carbonyl (C=O) groups excluding carboxylic acids is 5. The van der Waals surface area contributed by atoms with Gasteiger partial charge in [-0.3, -0.25) is 19.3 Å². The molecule has 2 aliphatic rings. The second-order valence-corrected chi connectivity index (χ2v) is 14.1. The molecule has 11 heteroatoms. The van der Waals surface area contributed by atoms with Gasteiger partial charge in [0.25, 0.3) is 0 Å². The SMILES string of the molecule is C=CCOC(=O)C(=O)N1C(=O)[C@@H]([C@@H](CO[SiH](C)C)C(C)(C)C)[C@H]1CC(=O)C(C)=CC1CCN(C(=O)OCC=C)C1. The summed E-state index contributed by atoms with van der Waals surface area (Å²) < 4.78 is 16.0. The summed E-state index contributed by atoms with van der Waals surface area (Å²) in [5.41, 5.74) is 0.117. The normalized spacial score (nSPS) is 22.0. The number of rotatable bonds is 12. The van der Waals surface area contributed by atoms with E-state index in [2.05, 4.69) is 13.2 Å². The van der Waals surface area contributed by atoms with Crippen molar-refractivity contribution in [1.29, 1.82) is 0 Å². The molecule has 0 aromatic rings. The molecule has 2 saturated heterocycles. The van der Waals surface area contributed by atoms with Crippen LogP contribution in [0.15, 0.2) is 37.0 Å². The largest absolute Gasteiger partial charge is 0.454 e. The van der Waals surface area contributed by atoms with Crippen molar-refractivity contribution in [3.05, 3.63) is 37.0 Å². The van der Waals surface area contributed by atoms with Gasteiger partial charge in [-0.25, -0.2) is 9.59 Å². The van der Waals surface area contributed by atoms with Crippen molar-refractivity contribution in [3.63, 3.8) is 0 Å². The fraction of sp³-hybridized carbons (Fsp3) is 0.621. The first-order valence-corrected chi connectivity index (χ1v) is 16.5. The van der Waals surface area contributed by atoms with Gasteiger partial charge in [0, 0.05) is 26.1 Å². The van der Waals surface area contributed by atoms with Crippen molar-refractivity contribution >= 4 is 38.7 Å². The van der Waals surface area contributed by atoms with E-state index in [1.807, 2.05) is 39.9 Å². The van der Waals surface area contributed by atoms with E-state index in [0.717, 1.165) is 4.90 Å². The van der Waals surface area contributed by atoms with Gasteiger partial charge < -0.3 is 18.8 Å². The molecule has 2 fully saturated rings. The first kappa shape index (κ1) is 33.2. The smallest absolute Gasteiger partial charge is 0.410 e. The molecule has 0 bridgehead atoms. The molecule has 0 aromatic carbocycles. The predicted molar refractivity (Wildman–Crippen MR) is 153 cm³/mol. The van der Waals surface area contributed by atoms with Crippen molar-refractivity contribution < 1.29 is 37.9 Å². The first-order chi connectivity index (χ1) is 18.7. The first-order valence-electron chi connectivity index (χ1n) is 13.7. The lowest BCUT2D eigenvalue weighted by Gasteiger charge is -2.51. The summed E-state index contributed by atoms with van der Waals surface area (Å²) in [4.78, 5) is 66.7. The Labute approximate surface area is 239 Å². The Morgan fingerprint density at radius 1 is 1.10 bits per heavy atom. The number of esters is 1. The molecule has 2 rings (SSSR count). The van der Waals surface area contributed by atoms with Gasteiger partial charge in [-0.1, -0.05) is 52.2 Å². The number of amides is 3. The number of β-lactam (4-membered cyclic amide) rings is 1. The Hall–Kier alpha value is -3.05. The molecule has 2 aliphatic heterocycles. The second-order valence-electron chi connectivity index (χ2n) is 11.7. The van der Waals surface area contributed by atoms with Crippen LogP contribution in [0.4, 0.5) is 4.79 Å². The van der Waals surface area contributed by atoms with E-state index < -0.39 is 44.9 Å². The maximum atomic E-state index is 13.4. The highest BCUT2D eigenvalue weighted by Gasteiger charge is 2.57. The molecule has 10 nitrogen and oxygen atoms in total. The van der Waals surface area contributed by atoms with E-state index in [1.54, 1.807) is 11.8 Å². The minimum atomic E-state index is -1.41. The third-order valence-corrected chi connectivity index (χ3v) is 8.14. The zero-order valence-corrected chi connectivity index (χ0v) is 25.8. The maximum Gasteiger partial charge on any atom is 0.410 e. The number of likely N-dealkylation sites (tertiary alicyclic amines) is 2. The minimum absolute atomic E-state index is 0.0302. The van der Waals surface area contributed by atoms with Crippen LogP contribution in [-0.4, -0.2) is 87.5 Å². The van der Waals surface area contributed by atoms with Crippen LogP contribution in [0, 0.1) is 23.2 Å². The highest BCUT2D eigenvalue weighted by Crippen LogP contribution is 2.44. The molecule has 2 heterocycles. The molecule has 0 saturated carbocycles. The Bertz CT molecular complexity index is 1030. The molecule has 3 amide bonds. The topological polar surface area (TPSA) is 120 Å². The van der Waals surface area contributed by atoms with Crippen molar-refractivity contribution in [3.8, 4) is 0 Å². The Morgan fingerprint density at radius 3 is 2.30 bits per heavy atom. The van der Waals surface area contributed by atoms with Crippen LogP contribution in [0.5, 0.6) is 0 Å². The van der Waals surface area contributed by atoms with E-state index in [-0.39, 0.29) is 42.7 Å². The monoisotopic (exact) mass is 576 g/mol. The molecular weight excluding hydrogens is 532 g/mol. The van der Waals surface area contributed by atoms with Gasteiger partial charge in [0.15, 0.2) is 14.8 Å². The van der Waals surface area contributed by atoms with Crippen molar-refractivity contribution in [1.82, 2.24) is 9.80 Å². The van der Waals surface area contributed by atoms with Crippen LogP contribution in [0.2, 0.25) is 13.1 Å². The van der Waals surface area contributed by atoms with Gasteiger partial charge in [-0.15, -0.1) is 0 Å². The Kier molecular flexibility index (Phi) is 12.1. The second kappa shape index (κ2) is 14.5. The van der Waals surface area contributed by atoms with E-state index >= 15 is 0 Å². The maximum absolute atomic E-state index is 13.4. The third kappa shape index (κ3) is 8.47. The van der Waals surface area contributed by atoms with Crippen LogP contribution >= 0.6 is 0 Å². The van der Waals surface area contributed by atoms with Crippen molar-refractivity contribution in [2.24, 2.45) is 23.2 Å². The Balaban J connectivity index is 2.25. The molecule has 222 valence electrons. The molecule has 40 heavy (non-hydrogen) atoms. The fourth-order valence-electron chi connectivity index (χ4n) is 5.07. The number of ketones is 1. The van der Waals surface area contributed by atoms with Crippen LogP contribution in [0.1, 0.15) is 40.5 Å². The molecule has 0 aliphatic carbocycles. The molecule has 0 aromatic heterocycles. The number of Topliss-reactive ketones (excluding diaryl/α,β-unsaturated/α-hetero) is 1. The van der Waals surface area contributed by atoms with E-state index in [9.17, 15) is 24.0 Å². The number of hydrogen-bond donors (Lipinski definition) is 0. The van der Waals surface area contributed by atoms with Gasteiger partial charge >= 0.3 is 18.0 Å². The van der Waals surface area contributed by atoms with Crippen LogP contribution in [0.25, 0.3) is 0 Å². The van der Waals surface area contributed by atoms with E-state index in [4.69, 9.17) is 13.9 Å². The quantitative estimate of drug-likeness (QED) is 0.0867. The summed E-state index contributed by atoms with van der Waals surface area (Å²) in [6.07, 6.45) is 4.79. The zero-order valence-electron chi connectivity index (χ0n) is 24.6.